The average molecular weight is 286 g/mol. The van der Waals surface area contributed by atoms with Gasteiger partial charge in [0.15, 0.2) is 0 Å². The van der Waals surface area contributed by atoms with Crippen LogP contribution in [0.25, 0.3) is 0 Å². The summed E-state index contributed by atoms with van der Waals surface area (Å²) in [5.74, 6) is -0.190. The number of hydrogen-bond acceptors (Lipinski definition) is 2. The third kappa shape index (κ3) is 3.65. The Bertz CT molecular complexity index is 510. The maximum atomic E-state index is 12.7. The fraction of sp³-hybridized carbons (Fsp3) is 0.500. The van der Waals surface area contributed by atoms with Crippen LogP contribution in [0, 0.1) is 6.92 Å². The second-order valence-electron chi connectivity index (χ2n) is 5.18. The van der Waals surface area contributed by atoms with Crippen molar-refractivity contribution in [3.05, 3.63) is 29.3 Å². The molecule has 3 nitrogen and oxygen atoms in total. The zero-order valence-corrected chi connectivity index (χ0v) is 11.3. The maximum absolute atomic E-state index is 12.7. The van der Waals surface area contributed by atoms with Crippen LogP contribution < -0.4 is 10.6 Å². The molecule has 6 heteroatoms. The quantitative estimate of drug-likeness (QED) is 0.893. The highest BCUT2D eigenvalue weighted by atomic mass is 19.4. The molecule has 0 heterocycles. The van der Waals surface area contributed by atoms with E-state index in [0.29, 0.717) is 11.3 Å². The molecule has 1 aliphatic carbocycles. The van der Waals surface area contributed by atoms with Crippen LogP contribution in [0.15, 0.2) is 18.2 Å². The molecule has 1 amide bonds. The first-order valence-electron chi connectivity index (χ1n) is 6.52. The van der Waals surface area contributed by atoms with Gasteiger partial charge in [0.1, 0.15) is 6.04 Å². The average Bonchev–Trinajstić information content (AvgIpc) is 3.14. The number of anilines is 1. The highest BCUT2D eigenvalue weighted by molar-refractivity contribution is 5.85. The normalized spacial score (nSPS) is 16.6. The van der Waals surface area contributed by atoms with Crippen LogP contribution in [0.3, 0.4) is 0 Å². The van der Waals surface area contributed by atoms with Crippen molar-refractivity contribution in [2.45, 2.75) is 44.9 Å². The van der Waals surface area contributed by atoms with E-state index in [1.165, 1.54) is 6.07 Å². The van der Waals surface area contributed by atoms with Crippen molar-refractivity contribution < 1.29 is 18.0 Å². The zero-order chi connectivity index (χ0) is 14.9. The van der Waals surface area contributed by atoms with Gasteiger partial charge in [0.25, 0.3) is 0 Å². The molecule has 1 unspecified atom stereocenters. The van der Waals surface area contributed by atoms with Crippen molar-refractivity contribution >= 4 is 11.6 Å². The minimum atomic E-state index is -4.39. The molecule has 0 saturated heterocycles. The first-order valence-corrected chi connectivity index (χ1v) is 6.52. The Morgan fingerprint density at radius 1 is 1.35 bits per heavy atom. The molecular formula is C14H17F3N2O. The van der Waals surface area contributed by atoms with Gasteiger partial charge >= 0.3 is 6.18 Å². The third-order valence-electron chi connectivity index (χ3n) is 3.25. The molecule has 2 N–H and O–H groups in total. The van der Waals surface area contributed by atoms with E-state index in [4.69, 9.17) is 0 Å². The summed E-state index contributed by atoms with van der Waals surface area (Å²) in [6.07, 6.45) is -2.44. The van der Waals surface area contributed by atoms with Crippen LogP contribution in [-0.4, -0.2) is 18.0 Å². The number of carbonyl (C=O) groups is 1. The third-order valence-corrected chi connectivity index (χ3v) is 3.25. The zero-order valence-electron chi connectivity index (χ0n) is 11.3. The van der Waals surface area contributed by atoms with Crippen LogP contribution in [0.4, 0.5) is 18.9 Å². The second kappa shape index (κ2) is 5.34. The SMILES string of the molecule is Cc1ccc(C(F)(F)F)cc1NC(C)C(=O)NC1CC1. The van der Waals surface area contributed by atoms with Gasteiger partial charge in [-0.3, -0.25) is 4.79 Å². The number of hydrogen-bond donors (Lipinski definition) is 2. The van der Waals surface area contributed by atoms with Gasteiger partial charge in [0.2, 0.25) is 5.91 Å². The topological polar surface area (TPSA) is 41.1 Å². The van der Waals surface area contributed by atoms with Gasteiger partial charge in [-0.15, -0.1) is 0 Å². The number of halogens is 3. The Kier molecular flexibility index (Phi) is 3.92. The summed E-state index contributed by atoms with van der Waals surface area (Å²) in [4.78, 5) is 11.8. The number of carbonyl (C=O) groups excluding carboxylic acids is 1. The van der Waals surface area contributed by atoms with Crippen LogP contribution >= 0.6 is 0 Å². The van der Waals surface area contributed by atoms with Crippen molar-refractivity contribution in [1.82, 2.24) is 5.32 Å². The van der Waals surface area contributed by atoms with E-state index >= 15 is 0 Å². The molecule has 0 aromatic heterocycles. The number of aryl methyl sites for hydroxylation is 1. The van der Waals surface area contributed by atoms with Gasteiger partial charge in [-0.25, -0.2) is 0 Å². The Hall–Kier alpha value is -1.72. The fourth-order valence-corrected chi connectivity index (χ4v) is 1.81. The molecule has 0 spiro atoms. The van der Waals surface area contributed by atoms with Gasteiger partial charge in [0.05, 0.1) is 5.56 Å². The highest BCUT2D eigenvalue weighted by Gasteiger charge is 2.31. The number of benzene rings is 1. The summed E-state index contributed by atoms with van der Waals surface area (Å²) in [6, 6.07) is 3.13. The van der Waals surface area contributed by atoms with Gasteiger partial charge < -0.3 is 10.6 Å². The molecule has 1 aliphatic rings. The standard InChI is InChI=1S/C14H17F3N2O/c1-8-3-4-10(14(15,16)17)7-12(8)18-9(2)13(20)19-11-5-6-11/h3-4,7,9,11,18H,5-6H2,1-2H3,(H,19,20). The van der Waals surface area contributed by atoms with Gasteiger partial charge in [-0.2, -0.15) is 13.2 Å². The Morgan fingerprint density at radius 2 is 2.00 bits per heavy atom. The molecule has 1 saturated carbocycles. The highest BCUT2D eigenvalue weighted by Crippen LogP contribution is 2.32. The molecule has 0 aliphatic heterocycles. The van der Waals surface area contributed by atoms with Gasteiger partial charge in [-0.1, -0.05) is 6.07 Å². The molecule has 2 rings (SSSR count). The largest absolute Gasteiger partial charge is 0.416 e. The predicted molar refractivity (Wildman–Crippen MR) is 70.4 cm³/mol. The van der Waals surface area contributed by atoms with E-state index in [1.807, 2.05) is 0 Å². The van der Waals surface area contributed by atoms with Crippen molar-refractivity contribution in [1.29, 1.82) is 0 Å². The molecule has 0 radical (unpaired) electrons. The van der Waals surface area contributed by atoms with Crippen LogP contribution in [-0.2, 0) is 11.0 Å². The molecule has 1 atom stereocenters. The van der Waals surface area contributed by atoms with E-state index in [1.54, 1.807) is 13.8 Å². The molecule has 110 valence electrons. The Balaban J connectivity index is 2.09. The van der Waals surface area contributed by atoms with E-state index in [2.05, 4.69) is 10.6 Å². The lowest BCUT2D eigenvalue weighted by atomic mass is 10.1. The molecular weight excluding hydrogens is 269 g/mol. The van der Waals surface area contributed by atoms with E-state index in [-0.39, 0.29) is 11.9 Å². The molecule has 0 bridgehead atoms. The molecule has 20 heavy (non-hydrogen) atoms. The number of amides is 1. The summed E-state index contributed by atoms with van der Waals surface area (Å²) in [7, 11) is 0. The van der Waals surface area contributed by atoms with Crippen LogP contribution in [0.2, 0.25) is 0 Å². The summed E-state index contributed by atoms with van der Waals surface area (Å²) in [5.41, 5.74) is 0.280. The fourth-order valence-electron chi connectivity index (χ4n) is 1.81. The predicted octanol–water partition coefficient (Wildman–Crippen LogP) is 3.09. The number of alkyl halides is 3. The van der Waals surface area contributed by atoms with Crippen molar-refractivity contribution in [3.63, 3.8) is 0 Å². The monoisotopic (exact) mass is 286 g/mol. The Labute approximate surface area is 115 Å². The maximum Gasteiger partial charge on any atom is 0.416 e. The number of nitrogens with one attached hydrogen (secondary N) is 2. The lowest BCUT2D eigenvalue weighted by Crippen LogP contribution is -2.38. The first kappa shape index (κ1) is 14.7. The summed E-state index contributed by atoms with van der Waals surface area (Å²) in [5, 5.41) is 5.66. The minimum absolute atomic E-state index is 0.190. The first-order chi connectivity index (χ1) is 9.27. The molecule has 1 fully saturated rings. The Morgan fingerprint density at radius 3 is 2.55 bits per heavy atom. The van der Waals surface area contributed by atoms with Crippen LogP contribution in [0.5, 0.6) is 0 Å². The summed E-state index contributed by atoms with van der Waals surface area (Å²) >= 11 is 0. The van der Waals surface area contributed by atoms with Gasteiger partial charge in [0, 0.05) is 11.7 Å². The van der Waals surface area contributed by atoms with E-state index in [9.17, 15) is 18.0 Å². The lowest BCUT2D eigenvalue weighted by Gasteiger charge is -2.18. The second-order valence-corrected chi connectivity index (χ2v) is 5.18. The van der Waals surface area contributed by atoms with Crippen molar-refractivity contribution in [2.24, 2.45) is 0 Å². The van der Waals surface area contributed by atoms with Crippen LogP contribution in [0.1, 0.15) is 30.9 Å². The van der Waals surface area contributed by atoms with E-state index < -0.39 is 17.8 Å². The van der Waals surface area contributed by atoms with Crippen molar-refractivity contribution in [3.8, 4) is 0 Å². The minimum Gasteiger partial charge on any atom is -0.374 e. The smallest absolute Gasteiger partial charge is 0.374 e. The number of rotatable bonds is 4. The van der Waals surface area contributed by atoms with Crippen molar-refractivity contribution in [2.75, 3.05) is 5.32 Å². The van der Waals surface area contributed by atoms with E-state index in [0.717, 1.165) is 25.0 Å². The summed E-state index contributed by atoms with van der Waals surface area (Å²) < 4.78 is 38.0. The lowest BCUT2D eigenvalue weighted by molar-refractivity contribution is -0.137. The molecule has 1 aromatic rings. The summed E-state index contributed by atoms with van der Waals surface area (Å²) in [6.45, 7) is 3.34. The van der Waals surface area contributed by atoms with Gasteiger partial charge in [-0.05, 0) is 44.4 Å². The molecule has 1 aromatic carbocycles.